The second kappa shape index (κ2) is 9.57. The third kappa shape index (κ3) is 6.37. The Bertz CT molecular complexity index is 683. The fourth-order valence-corrected chi connectivity index (χ4v) is 2.31. The molecule has 0 aliphatic carbocycles. The van der Waals surface area contributed by atoms with E-state index in [4.69, 9.17) is 14.2 Å². The number of benzene rings is 2. The molecule has 1 N–H and O–H groups in total. The summed E-state index contributed by atoms with van der Waals surface area (Å²) in [5, 5.41) is 2.77. The molecule has 0 bridgehead atoms. The van der Waals surface area contributed by atoms with Crippen molar-refractivity contribution >= 4 is 5.91 Å². The molecule has 2 rings (SSSR count). The lowest BCUT2D eigenvalue weighted by Gasteiger charge is -2.11. The molecule has 0 aliphatic heterocycles. The van der Waals surface area contributed by atoms with Gasteiger partial charge in [-0.2, -0.15) is 0 Å². The summed E-state index contributed by atoms with van der Waals surface area (Å²) in [4.78, 5) is 11.8. The van der Waals surface area contributed by atoms with Crippen molar-refractivity contribution in [3.8, 4) is 17.2 Å². The number of hydrogen-bond donors (Lipinski definition) is 1. The molecule has 0 unspecified atom stereocenters. The van der Waals surface area contributed by atoms with Crippen LogP contribution in [0.5, 0.6) is 17.2 Å². The maximum absolute atomic E-state index is 11.8. The van der Waals surface area contributed by atoms with Crippen LogP contribution < -0.4 is 19.5 Å². The molecule has 25 heavy (non-hydrogen) atoms. The smallest absolute Gasteiger partial charge is 0.258 e. The fraction of sp³-hybridized carbons (Fsp3) is 0.350. The number of carbonyl (C=O) groups is 1. The minimum absolute atomic E-state index is 0.00699. The van der Waals surface area contributed by atoms with E-state index in [-0.39, 0.29) is 12.5 Å². The highest BCUT2D eigenvalue weighted by molar-refractivity contribution is 5.77. The summed E-state index contributed by atoms with van der Waals surface area (Å²) in [6.45, 7) is 7.37. The largest absolute Gasteiger partial charge is 0.494 e. The molecule has 2 aromatic carbocycles. The van der Waals surface area contributed by atoms with Crippen LogP contribution in [0.15, 0.2) is 42.5 Å². The lowest BCUT2D eigenvalue weighted by Crippen LogP contribution is -2.32. The topological polar surface area (TPSA) is 56.8 Å². The molecule has 0 fully saturated rings. The van der Waals surface area contributed by atoms with E-state index in [1.165, 1.54) is 5.56 Å². The summed E-state index contributed by atoms with van der Waals surface area (Å²) in [6.07, 6.45) is 0. The number of aryl methyl sites for hydroxylation is 2. The van der Waals surface area contributed by atoms with Gasteiger partial charge in [0, 0.05) is 0 Å². The SMILES string of the molecule is CCOc1ccc(OCCNC(=O)COc2ccc(C)cc2C)cc1. The molecule has 0 aliphatic rings. The molecule has 134 valence electrons. The molecule has 0 radical (unpaired) electrons. The Morgan fingerprint density at radius 3 is 2.28 bits per heavy atom. The van der Waals surface area contributed by atoms with Crippen LogP contribution in [-0.2, 0) is 4.79 Å². The molecule has 5 heteroatoms. The number of rotatable bonds is 9. The number of ether oxygens (including phenoxy) is 3. The van der Waals surface area contributed by atoms with Gasteiger partial charge in [0.1, 0.15) is 23.9 Å². The fourth-order valence-electron chi connectivity index (χ4n) is 2.31. The van der Waals surface area contributed by atoms with E-state index in [0.717, 1.165) is 22.8 Å². The summed E-state index contributed by atoms with van der Waals surface area (Å²) in [6, 6.07) is 13.3. The highest BCUT2D eigenvalue weighted by Gasteiger charge is 2.05. The van der Waals surface area contributed by atoms with Gasteiger partial charge in [0.15, 0.2) is 6.61 Å². The highest BCUT2D eigenvalue weighted by Crippen LogP contribution is 2.18. The first-order valence-electron chi connectivity index (χ1n) is 8.41. The number of amides is 1. The molecule has 0 saturated carbocycles. The number of nitrogens with one attached hydrogen (secondary N) is 1. The van der Waals surface area contributed by atoms with Crippen LogP contribution >= 0.6 is 0 Å². The first kappa shape index (κ1) is 18.6. The monoisotopic (exact) mass is 343 g/mol. The third-order valence-electron chi connectivity index (χ3n) is 3.52. The lowest BCUT2D eigenvalue weighted by molar-refractivity contribution is -0.123. The van der Waals surface area contributed by atoms with Gasteiger partial charge >= 0.3 is 0 Å². The normalized spacial score (nSPS) is 10.2. The molecule has 0 heterocycles. The molecule has 0 spiro atoms. The van der Waals surface area contributed by atoms with Crippen molar-refractivity contribution in [1.82, 2.24) is 5.32 Å². The van der Waals surface area contributed by atoms with Crippen LogP contribution in [0.3, 0.4) is 0 Å². The first-order valence-corrected chi connectivity index (χ1v) is 8.41. The van der Waals surface area contributed by atoms with E-state index >= 15 is 0 Å². The second-order valence-electron chi connectivity index (χ2n) is 5.66. The van der Waals surface area contributed by atoms with Crippen LogP contribution in [0.1, 0.15) is 18.1 Å². The van der Waals surface area contributed by atoms with Crippen molar-refractivity contribution in [2.75, 3.05) is 26.4 Å². The van der Waals surface area contributed by atoms with Crippen molar-refractivity contribution < 1.29 is 19.0 Å². The molecule has 0 atom stereocenters. The zero-order valence-electron chi connectivity index (χ0n) is 15.0. The summed E-state index contributed by atoms with van der Waals surface area (Å²) in [5.74, 6) is 2.11. The van der Waals surface area contributed by atoms with E-state index < -0.39 is 0 Å². The molecular weight excluding hydrogens is 318 g/mol. The van der Waals surface area contributed by atoms with Crippen molar-refractivity contribution in [1.29, 1.82) is 0 Å². The number of hydrogen-bond acceptors (Lipinski definition) is 4. The van der Waals surface area contributed by atoms with Gasteiger partial charge in [0.2, 0.25) is 0 Å². The van der Waals surface area contributed by atoms with E-state index in [0.29, 0.717) is 19.8 Å². The van der Waals surface area contributed by atoms with Gasteiger partial charge in [-0.3, -0.25) is 4.79 Å². The quantitative estimate of drug-likeness (QED) is 0.710. The van der Waals surface area contributed by atoms with Crippen LogP contribution in [0.2, 0.25) is 0 Å². The van der Waals surface area contributed by atoms with E-state index in [9.17, 15) is 4.79 Å². The van der Waals surface area contributed by atoms with Crippen molar-refractivity contribution in [2.24, 2.45) is 0 Å². The van der Waals surface area contributed by atoms with E-state index in [2.05, 4.69) is 5.32 Å². The Hall–Kier alpha value is -2.69. The van der Waals surface area contributed by atoms with Crippen LogP contribution in [-0.4, -0.2) is 32.3 Å². The Morgan fingerprint density at radius 2 is 1.64 bits per heavy atom. The van der Waals surface area contributed by atoms with E-state index in [1.807, 2.05) is 63.2 Å². The molecule has 5 nitrogen and oxygen atoms in total. The Labute approximate surface area is 148 Å². The maximum atomic E-state index is 11.8. The van der Waals surface area contributed by atoms with Gasteiger partial charge in [-0.1, -0.05) is 17.7 Å². The van der Waals surface area contributed by atoms with Gasteiger partial charge in [0.25, 0.3) is 5.91 Å². The molecule has 0 aromatic heterocycles. The Morgan fingerprint density at radius 1 is 0.960 bits per heavy atom. The summed E-state index contributed by atoms with van der Waals surface area (Å²) in [7, 11) is 0. The van der Waals surface area contributed by atoms with Crippen LogP contribution in [0, 0.1) is 13.8 Å². The third-order valence-corrected chi connectivity index (χ3v) is 3.52. The molecular formula is C20H25NO4. The Balaban J connectivity index is 1.65. The standard InChI is InChI=1S/C20H25NO4/c1-4-23-17-6-8-18(9-7-17)24-12-11-21-20(22)14-25-19-10-5-15(2)13-16(19)3/h5-10,13H,4,11-12,14H2,1-3H3,(H,21,22). The predicted molar refractivity (Wildman–Crippen MR) is 97.5 cm³/mol. The van der Waals surface area contributed by atoms with E-state index in [1.54, 1.807) is 0 Å². The second-order valence-corrected chi connectivity index (χ2v) is 5.66. The lowest BCUT2D eigenvalue weighted by atomic mass is 10.1. The van der Waals surface area contributed by atoms with Crippen LogP contribution in [0.4, 0.5) is 0 Å². The highest BCUT2D eigenvalue weighted by atomic mass is 16.5. The minimum Gasteiger partial charge on any atom is -0.494 e. The summed E-state index contributed by atoms with van der Waals surface area (Å²) in [5.41, 5.74) is 2.19. The molecule has 1 amide bonds. The van der Waals surface area contributed by atoms with Crippen LogP contribution in [0.25, 0.3) is 0 Å². The Kier molecular flexibility index (Phi) is 7.14. The summed E-state index contributed by atoms with van der Waals surface area (Å²) >= 11 is 0. The van der Waals surface area contributed by atoms with Gasteiger partial charge in [0.05, 0.1) is 13.2 Å². The predicted octanol–water partition coefficient (Wildman–Crippen LogP) is 3.28. The van der Waals surface area contributed by atoms with Crippen molar-refractivity contribution in [2.45, 2.75) is 20.8 Å². The summed E-state index contributed by atoms with van der Waals surface area (Å²) < 4.78 is 16.5. The van der Waals surface area contributed by atoms with Crippen molar-refractivity contribution in [3.05, 3.63) is 53.6 Å². The van der Waals surface area contributed by atoms with Gasteiger partial charge in [-0.05, 0) is 56.7 Å². The average molecular weight is 343 g/mol. The van der Waals surface area contributed by atoms with Gasteiger partial charge in [-0.15, -0.1) is 0 Å². The number of carbonyl (C=O) groups excluding carboxylic acids is 1. The van der Waals surface area contributed by atoms with Gasteiger partial charge in [-0.25, -0.2) is 0 Å². The molecule has 0 saturated heterocycles. The van der Waals surface area contributed by atoms with Gasteiger partial charge < -0.3 is 19.5 Å². The average Bonchev–Trinajstić information content (AvgIpc) is 2.59. The zero-order valence-corrected chi connectivity index (χ0v) is 15.0. The van der Waals surface area contributed by atoms with Crippen molar-refractivity contribution in [3.63, 3.8) is 0 Å². The maximum Gasteiger partial charge on any atom is 0.258 e. The molecule has 2 aromatic rings. The minimum atomic E-state index is -0.171. The zero-order chi connectivity index (χ0) is 18.1. The first-order chi connectivity index (χ1) is 12.1.